The van der Waals surface area contributed by atoms with Crippen LogP contribution >= 0.6 is 11.8 Å². The highest BCUT2D eigenvalue weighted by Gasteiger charge is 2.30. The molecule has 7 heteroatoms. The Labute approximate surface area is 167 Å². The quantitative estimate of drug-likeness (QED) is 0.748. The molecule has 0 unspecified atom stereocenters. The maximum atomic E-state index is 12.6. The Hall–Kier alpha value is -3.06. The Morgan fingerprint density at radius 2 is 1.93 bits per heavy atom. The van der Waals surface area contributed by atoms with Crippen LogP contribution in [0.3, 0.4) is 0 Å². The van der Waals surface area contributed by atoms with Gasteiger partial charge in [0.2, 0.25) is 0 Å². The molecule has 1 fully saturated rings. The third-order valence-electron chi connectivity index (χ3n) is 4.13. The van der Waals surface area contributed by atoms with Gasteiger partial charge in [-0.1, -0.05) is 37.3 Å². The van der Waals surface area contributed by atoms with Gasteiger partial charge in [-0.05, 0) is 53.6 Å². The first-order valence-electron chi connectivity index (χ1n) is 8.76. The zero-order chi connectivity index (χ0) is 20.1. The molecule has 1 aliphatic rings. The van der Waals surface area contributed by atoms with E-state index in [2.05, 4.69) is 11.9 Å². The minimum absolute atomic E-state index is 0.107. The Bertz CT molecular complexity index is 951. The lowest BCUT2D eigenvalue weighted by molar-refractivity contribution is -0.139. The Morgan fingerprint density at radius 3 is 2.61 bits per heavy atom. The monoisotopic (exact) mass is 396 g/mol. The number of hydrogen-bond donors (Lipinski definition) is 1. The van der Waals surface area contributed by atoms with Crippen LogP contribution in [0.5, 0.6) is 5.75 Å². The lowest BCUT2D eigenvalue weighted by Gasteiger charge is -2.08. The number of ether oxygens (including phenoxy) is 1. The van der Waals surface area contributed by atoms with E-state index in [0.717, 1.165) is 23.2 Å². The van der Waals surface area contributed by atoms with Crippen LogP contribution in [0.1, 0.15) is 18.1 Å². The minimum Gasteiger partial charge on any atom is -0.482 e. The molecular formula is C21H20N2O4S. The van der Waals surface area contributed by atoms with Crippen LogP contribution in [0.4, 0.5) is 5.69 Å². The lowest BCUT2D eigenvalue weighted by atomic mass is 10.1. The van der Waals surface area contributed by atoms with Gasteiger partial charge in [0.05, 0.1) is 10.6 Å². The number of amidine groups is 1. The van der Waals surface area contributed by atoms with Gasteiger partial charge >= 0.3 is 5.97 Å². The second kappa shape index (κ2) is 8.75. The van der Waals surface area contributed by atoms with Gasteiger partial charge in [-0.3, -0.25) is 9.69 Å². The van der Waals surface area contributed by atoms with Gasteiger partial charge in [-0.15, -0.1) is 0 Å². The summed E-state index contributed by atoms with van der Waals surface area (Å²) in [4.78, 5) is 29.9. The van der Waals surface area contributed by atoms with Gasteiger partial charge in [0.1, 0.15) is 5.75 Å². The number of nitrogens with zero attached hydrogens (tertiary/aromatic N) is 2. The number of carboxylic acid groups (broad SMARTS) is 1. The van der Waals surface area contributed by atoms with Crippen LogP contribution in [-0.2, 0) is 16.0 Å². The first-order valence-corrected chi connectivity index (χ1v) is 9.58. The zero-order valence-electron chi connectivity index (χ0n) is 15.6. The summed E-state index contributed by atoms with van der Waals surface area (Å²) in [5, 5.41) is 9.28. The Kier molecular flexibility index (Phi) is 6.16. The van der Waals surface area contributed by atoms with Gasteiger partial charge in [0.15, 0.2) is 11.8 Å². The number of thioether (sulfide) groups is 1. The van der Waals surface area contributed by atoms with E-state index in [1.807, 2.05) is 24.3 Å². The highest BCUT2D eigenvalue weighted by molar-refractivity contribution is 8.18. The van der Waals surface area contributed by atoms with Crippen molar-refractivity contribution in [1.82, 2.24) is 4.90 Å². The largest absolute Gasteiger partial charge is 0.482 e. The predicted molar refractivity (Wildman–Crippen MR) is 111 cm³/mol. The normalized spacial score (nSPS) is 16.8. The molecule has 1 aliphatic heterocycles. The summed E-state index contributed by atoms with van der Waals surface area (Å²) < 4.78 is 5.12. The molecule has 1 amide bonds. The van der Waals surface area contributed by atoms with Crippen LogP contribution in [0, 0.1) is 0 Å². The number of aliphatic carboxylic acids is 1. The molecule has 1 N–H and O–H groups in total. The fraction of sp³-hybridized carbons (Fsp3) is 0.190. The van der Waals surface area contributed by atoms with Gasteiger partial charge < -0.3 is 9.84 Å². The van der Waals surface area contributed by atoms with E-state index in [1.165, 1.54) is 11.8 Å². The van der Waals surface area contributed by atoms with Gasteiger partial charge in [0, 0.05) is 7.05 Å². The van der Waals surface area contributed by atoms with E-state index in [1.54, 1.807) is 42.3 Å². The molecule has 0 bridgehead atoms. The fourth-order valence-corrected chi connectivity index (χ4v) is 3.61. The molecule has 2 aromatic rings. The van der Waals surface area contributed by atoms with Crippen molar-refractivity contribution in [2.24, 2.45) is 4.99 Å². The molecule has 3 rings (SSSR count). The minimum atomic E-state index is -1.03. The topological polar surface area (TPSA) is 79.2 Å². The van der Waals surface area contributed by atoms with Crippen molar-refractivity contribution >= 4 is 40.6 Å². The molecule has 0 spiro atoms. The van der Waals surface area contributed by atoms with Crippen molar-refractivity contribution in [2.75, 3.05) is 13.7 Å². The van der Waals surface area contributed by atoms with E-state index in [-0.39, 0.29) is 5.91 Å². The summed E-state index contributed by atoms with van der Waals surface area (Å²) >= 11 is 1.33. The average Bonchev–Trinajstić information content (AvgIpc) is 2.95. The Morgan fingerprint density at radius 1 is 1.21 bits per heavy atom. The van der Waals surface area contributed by atoms with Crippen molar-refractivity contribution < 1.29 is 19.4 Å². The highest BCUT2D eigenvalue weighted by Crippen LogP contribution is 2.34. The van der Waals surface area contributed by atoms with E-state index in [4.69, 9.17) is 9.84 Å². The molecule has 2 aromatic carbocycles. The predicted octanol–water partition coefficient (Wildman–Crippen LogP) is 3.95. The molecule has 0 aliphatic carbocycles. The summed E-state index contributed by atoms with van der Waals surface area (Å²) in [6.45, 7) is 1.68. The standard InChI is InChI=1S/C21H20N2O4S/c1-3-15-6-4-5-7-17(15)22-21-23(2)20(26)18(28-21)12-14-8-10-16(11-9-14)27-13-19(24)25/h4-12H,3,13H2,1-2H3,(H,24,25)/b18-12+,22-21?. The maximum Gasteiger partial charge on any atom is 0.341 e. The summed E-state index contributed by atoms with van der Waals surface area (Å²) in [7, 11) is 1.71. The number of benzene rings is 2. The van der Waals surface area contributed by atoms with Crippen LogP contribution < -0.4 is 4.74 Å². The molecule has 28 heavy (non-hydrogen) atoms. The summed E-state index contributed by atoms with van der Waals surface area (Å²) in [5.74, 6) is -0.673. The zero-order valence-corrected chi connectivity index (χ0v) is 16.4. The fourth-order valence-electron chi connectivity index (χ4n) is 2.63. The highest BCUT2D eigenvalue weighted by atomic mass is 32.2. The van der Waals surface area contributed by atoms with E-state index in [9.17, 15) is 9.59 Å². The van der Waals surface area contributed by atoms with Crippen LogP contribution in [-0.4, -0.2) is 40.7 Å². The number of hydrogen-bond acceptors (Lipinski definition) is 5. The number of rotatable bonds is 6. The van der Waals surface area contributed by atoms with Crippen molar-refractivity contribution in [2.45, 2.75) is 13.3 Å². The molecule has 0 radical (unpaired) electrons. The Balaban J connectivity index is 1.79. The number of carbonyl (C=O) groups is 2. The van der Waals surface area contributed by atoms with Crippen LogP contribution in [0.15, 0.2) is 58.4 Å². The summed E-state index contributed by atoms with van der Waals surface area (Å²) in [6, 6.07) is 14.8. The third kappa shape index (κ3) is 4.61. The maximum absolute atomic E-state index is 12.6. The van der Waals surface area contributed by atoms with E-state index < -0.39 is 12.6 Å². The van der Waals surface area contributed by atoms with Gasteiger partial charge in [-0.2, -0.15) is 0 Å². The van der Waals surface area contributed by atoms with Crippen molar-refractivity contribution in [3.8, 4) is 5.75 Å². The lowest BCUT2D eigenvalue weighted by Crippen LogP contribution is -2.23. The number of amides is 1. The number of likely N-dealkylation sites (N-methyl/N-ethyl adjacent to an activating group) is 1. The molecule has 1 heterocycles. The van der Waals surface area contributed by atoms with E-state index in [0.29, 0.717) is 15.8 Å². The molecule has 0 aromatic heterocycles. The van der Waals surface area contributed by atoms with Gasteiger partial charge in [-0.25, -0.2) is 9.79 Å². The summed E-state index contributed by atoms with van der Waals surface area (Å²) in [6.07, 6.45) is 2.66. The second-order valence-electron chi connectivity index (χ2n) is 6.10. The number of para-hydroxylation sites is 1. The number of aliphatic imine (C=N–C) groups is 1. The number of aryl methyl sites for hydroxylation is 1. The van der Waals surface area contributed by atoms with Crippen LogP contribution in [0.25, 0.3) is 6.08 Å². The summed E-state index contributed by atoms with van der Waals surface area (Å²) in [5.41, 5.74) is 2.82. The molecule has 0 atom stereocenters. The number of carboxylic acids is 1. The molecular weight excluding hydrogens is 376 g/mol. The molecule has 6 nitrogen and oxygen atoms in total. The second-order valence-corrected chi connectivity index (χ2v) is 7.11. The van der Waals surface area contributed by atoms with Crippen molar-refractivity contribution in [3.05, 3.63) is 64.6 Å². The third-order valence-corrected chi connectivity index (χ3v) is 5.19. The van der Waals surface area contributed by atoms with Crippen LogP contribution in [0.2, 0.25) is 0 Å². The molecule has 0 saturated carbocycles. The SMILES string of the molecule is CCc1ccccc1N=C1S/C(=C/c2ccc(OCC(=O)O)cc2)C(=O)N1C. The van der Waals surface area contributed by atoms with Crippen molar-refractivity contribution in [3.63, 3.8) is 0 Å². The molecule has 144 valence electrons. The van der Waals surface area contributed by atoms with Crippen molar-refractivity contribution in [1.29, 1.82) is 0 Å². The van der Waals surface area contributed by atoms with E-state index >= 15 is 0 Å². The number of carbonyl (C=O) groups excluding carboxylic acids is 1. The molecule has 1 saturated heterocycles. The smallest absolute Gasteiger partial charge is 0.341 e. The first-order chi connectivity index (χ1) is 13.5. The first kappa shape index (κ1) is 19.7. The average molecular weight is 396 g/mol. The van der Waals surface area contributed by atoms with Gasteiger partial charge in [0.25, 0.3) is 5.91 Å².